The number of hydrogen-bond donors (Lipinski definition) is 1. The zero-order valence-corrected chi connectivity index (χ0v) is 14.3. The highest BCUT2D eigenvalue weighted by Crippen LogP contribution is 2.18. The van der Waals surface area contributed by atoms with E-state index in [2.05, 4.69) is 9.97 Å². The second kappa shape index (κ2) is 8.47. The fourth-order valence-corrected chi connectivity index (χ4v) is 2.37. The van der Waals surface area contributed by atoms with Crippen molar-refractivity contribution in [2.24, 2.45) is 0 Å². The van der Waals surface area contributed by atoms with Crippen molar-refractivity contribution >= 4 is 40.9 Å². The lowest BCUT2D eigenvalue weighted by Gasteiger charge is -2.04. The third-order valence-corrected chi connectivity index (χ3v) is 3.74. The van der Waals surface area contributed by atoms with Crippen LogP contribution in [0.2, 0.25) is 5.02 Å². The molecule has 2 N–H and O–H groups in total. The third-order valence-electron chi connectivity index (χ3n) is 2.81. The lowest BCUT2D eigenvalue weighted by molar-refractivity contribution is 0.0526. The van der Waals surface area contributed by atoms with Gasteiger partial charge in [0.1, 0.15) is 11.4 Å². The first-order chi connectivity index (χ1) is 11.5. The summed E-state index contributed by atoms with van der Waals surface area (Å²) >= 11 is 6.89. The van der Waals surface area contributed by atoms with Crippen LogP contribution in [0.25, 0.3) is 0 Å². The van der Waals surface area contributed by atoms with Gasteiger partial charge in [-0.15, -0.1) is 0 Å². The summed E-state index contributed by atoms with van der Waals surface area (Å²) in [6, 6.07) is 6.58. The molecule has 1 heterocycles. The lowest BCUT2D eigenvalue weighted by Crippen LogP contribution is -2.10. The summed E-state index contributed by atoms with van der Waals surface area (Å²) in [7, 11) is 0. The van der Waals surface area contributed by atoms with Gasteiger partial charge in [-0.2, -0.15) is 0 Å². The van der Waals surface area contributed by atoms with Gasteiger partial charge in [-0.05, 0) is 42.7 Å². The van der Waals surface area contributed by atoms with Crippen molar-refractivity contribution in [3.63, 3.8) is 0 Å². The molecule has 1 aromatic heterocycles. The number of allylic oxidation sites excluding steroid dienone is 1. The van der Waals surface area contributed by atoms with Crippen LogP contribution >= 0.6 is 23.4 Å². The zero-order chi connectivity index (χ0) is 17.5. The molecule has 0 bridgehead atoms. The average Bonchev–Trinajstić information content (AvgIpc) is 2.55. The molecule has 1 aromatic carbocycles. The number of thioether (sulfide) groups is 1. The Morgan fingerprint density at radius 2 is 2.04 bits per heavy atom. The van der Waals surface area contributed by atoms with E-state index in [1.54, 1.807) is 36.6 Å². The van der Waals surface area contributed by atoms with Crippen molar-refractivity contribution in [2.75, 3.05) is 12.3 Å². The standard InChI is InChI=1S/C16H14ClN3O3S/c1-2-23-15(22)12-9-19-16(20-14(12)18)24-8-7-13(21)10-3-5-11(17)6-4-10/h3-9H,2H2,1H3,(H2,18,19,20)/b8-7+. The number of esters is 1. The second-order valence-corrected chi connectivity index (χ2v) is 5.77. The summed E-state index contributed by atoms with van der Waals surface area (Å²) in [6.07, 6.45) is 2.70. The number of anilines is 1. The Labute approximate surface area is 148 Å². The molecule has 0 saturated heterocycles. The molecule has 6 nitrogen and oxygen atoms in total. The molecule has 8 heteroatoms. The number of ketones is 1. The number of benzene rings is 1. The summed E-state index contributed by atoms with van der Waals surface area (Å²) < 4.78 is 4.84. The van der Waals surface area contributed by atoms with E-state index in [-0.39, 0.29) is 23.8 Å². The van der Waals surface area contributed by atoms with Crippen molar-refractivity contribution in [3.05, 3.63) is 58.1 Å². The van der Waals surface area contributed by atoms with Gasteiger partial charge in [0.25, 0.3) is 0 Å². The van der Waals surface area contributed by atoms with Crippen molar-refractivity contribution in [1.29, 1.82) is 0 Å². The summed E-state index contributed by atoms with van der Waals surface area (Å²) in [4.78, 5) is 31.6. The van der Waals surface area contributed by atoms with Crippen LogP contribution in [0.15, 0.2) is 47.1 Å². The number of carbonyl (C=O) groups is 2. The molecule has 0 aliphatic heterocycles. The van der Waals surface area contributed by atoms with Crippen LogP contribution in [0.4, 0.5) is 5.82 Å². The van der Waals surface area contributed by atoms with Gasteiger partial charge < -0.3 is 10.5 Å². The number of nitrogens with zero attached hydrogens (tertiary/aromatic N) is 2. The maximum Gasteiger partial charge on any atom is 0.343 e. The Balaban J connectivity index is 2.01. The van der Waals surface area contributed by atoms with Gasteiger partial charge >= 0.3 is 5.97 Å². The van der Waals surface area contributed by atoms with E-state index in [9.17, 15) is 9.59 Å². The molecule has 0 fully saturated rings. The fourth-order valence-electron chi connectivity index (χ4n) is 1.67. The van der Waals surface area contributed by atoms with Gasteiger partial charge in [-0.25, -0.2) is 14.8 Å². The molecule has 2 aromatic rings. The number of carbonyl (C=O) groups excluding carboxylic acids is 2. The minimum atomic E-state index is -0.569. The van der Waals surface area contributed by atoms with E-state index in [1.807, 2.05) is 0 Å². The van der Waals surface area contributed by atoms with Crippen molar-refractivity contribution in [2.45, 2.75) is 12.1 Å². The Kier molecular flexibility index (Phi) is 6.34. The molecule has 24 heavy (non-hydrogen) atoms. The van der Waals surface area contributed by atoms with E-state index in [0.29, 0.717) is 15.7 Å². The van der Waals surface area contributed by atoms with E-state index in [1.165, 1.54) is 12.3 Å². The molecule has 124 valence electrons. The van der Waals surface area contributed by atoms with Crippen LogP contribution in [-0.4, -0.2) is 28.3 Å². The van der Waals surface area contributed by atoms with Crippen LogP contribution in [-0.2, 0) is 4.74 Å². The summed E-state index contributed by atoms with van der Waals surface area (Å²) in [6.45, 7) is 1.94. The SMILES string of the molecule is CCOC(=O)c1cnc(S/C=C/C(=O)c2ccc(Cl)cc2)nc1N. The molecule has 0 spiro atoms. The van der Waals surface area contributed by atoms with Gasteiger partial charge in [-0.1, -0.05) is 23.4 Å². The van der Waals surface area contributed by atoms with Crippen LogP contribution in [0.1, 0.15) is 27.6 Å². The largest absolute Gasteiger partial charge is 0.462 e. The van der Waals surface area contributed by atoms with E-state index in [0.717, 1.165) is 11.8 Å². The maximum absolute atomic E-state index is 12.0. The normalized spacial score (nSPS) is 10.8. The monoisotopic (exact) mass is 363 g/mol. The van der Waals surface area contributed by atoms with Crippen LogP contribution in [0.3, 0.4) is 0 Å². The van der Waals surface area contributed by atoms with Gasteiger partial charge in [0, 0.05) is 16.8 Å². The molecule has 0 atom stereocenters. The summed E-state index contributed by atoms with van der Waals surface area (Å²) in [5.74, 6) is -0.710. The fraction of sp³-hybridized carbons (Fsp3) is 0.125. The molecule has 0 amide bonds. The Morgan fingerprint density at radius 3 is 2.67 bits per heavy atom. The number of hydrogen-bond acceptors (Lipinski definition) is 7. The number of aromatic nitrogens is 2. The number of nitrogens with two attached hydrogens (primary N) is 1. The topological polar surface area (TPSA) is 95.2 Å². The minimum Gasteiger partial charge on any atom is -0.462 e. The van der Waals surface area contributed by atoms with E-state index < -0.39 is 5.97 Å². The number of nitrogen functional groups attached to an aromatic ring is 1. The third kappa shape index (κ3) is 4.81. The molecule has 0 aliphatic rings. The van der Waals surface area contributed by atoms with Crippen LogP contribution in [0, 0.1) is 0 Å². The van der Waals surface area contributed by atoms with Gasteiger partial charge in [0.05, 0.1) is 6.61 Å². The molecule has 0 radical (unpaired) electrons. The van der Waals surface area contributed by atoms with Gasteiger partial charge in [-0.3, -0.25) is 4.79 Å². The van der Waals surface area contributed by atoms with Crippen molar-refractivity contribution in [3.8, 4) is 0 Å². The maximum atomic E-state index is 12.0. The minimum absolute atomic E-state index is 0.0309. The zero-order valence-electron chi connectivity index (χ0n) is 12.7. The van der Waals surface area contributed by atoms with Crippen LogP contribution < -0.4 is 5.73 Å². The average molecular weight is 364 g/mol. The Morgan fingerprint density at radius 1 is 1.33 bits per heavy atom. The predicted octanol–water partition coefficient (Wildman–Crippen LogP) is 3.38. The Bertz CT molecular complexity index is 779. The highest BCUT2D eigenvalue weighted by atomic mass is 35.5. The molecule has 0 aliphatic carbocycles. The number of rotatable bonds is 6. The highest BCUT2D eigenvalue weighted by molar-refractivity contribution is 8.02. The molecular weight excluding hydrogens is 350 g/mol. The highest BCUT2D eigenvalue weighted by Gasteiger charge is 2.13. The number of halogens is 1. The van der Waals surface area contributed by atoms with Crippen molar-refractivity contribution < 1.29 is 14.3 Å². The van der Waals surface area contributed by atoms with Crippen molar-refractivity contribution in [1.82, 2.24) is 9.97 Å². The molecular formula is C16H14ClN3O3S. The van der Waals surface area contributed by atoms with E-state index in [4.69, 9.17) is 22.1 Å². The lowest BCUT2D eigenvalue weighted by atomic mass is 10.1. The second-order valence-electron chi connectivity index (χ2n) is 4.46. The molecule has 2 rings (SSSR count). The predicted molar refractivity (Wildman–Crippen MR) is 93.2 cm³/mol. The Hall–Kier alpha value is -2.38. The quantitative estimate of drug-likeness (QED) is 0.276. The molecule has 0 unspecified atom stereocenters. The smallest absolute Gasteiger partial charge is 0.343 e. The van der Waals surface area contributed by atoms with Crippen LogP contribution in [0.5, 0.6) is 0 Å². The van der Waals surface area contributed by atoms with Gasteiger partial charge in [0.15, 0.2) is 10.9 Å². The summed E-state index contributed by atoms with van der Waals surface area (Å²) in [5, 5.41) is 2.44. The number of ether oxygens (including phenoxy) is 1. The molecule has 0 saturated carbocycles. The van der Waals surface area contributed by atoms with E-state index >= 15 is 0 Å². The first-order valence-corrected chi connectivity index (χ1v) is 8.19. The first kappa shape index (κ1) is 18.0. The van der Waals surface area contributed by atoms with Gasteiger partial charge in [0.2, 0.25) is 0 Å². The first-order valence-electron chi connectivity index (χ1n) is 6.94. The summed E-state index contributed by atoms with van der Waals surface area (Å²) in [5.41, 5.74) is 6.36.